The molecular weight excluding hydrogens is 419 g/mol. The zero-order chi connectivity index (χ0) is 23.7. The summed E-state index contributed by atoms with van der Waals surface area (Å²) in [4.78, 5) is 0. The summed E-state index contributed by atoms with van der Waals surface area (Å²) < 4.78 is 14.8. The monoisotopic (exact) mass is 448 g/mol. The zero-order valence-electron chi connectivity index (χ0n) is 19.8. The molecule has 0 saturated carbocycles. The summed E-state index contributed by atoms with van der Waals surface area (Å²) in [5, 5.41) is 7.17. The highest BCUT2D eigenvalue weighted by Gasteiger charge is 2.27. The zero-order valence-corrected chi connectivity index (χ0v) is 19.8. The average Bonchev–Trinajstić information content (AvgIpc) is 3.21. The second-order valence-electron chi connectivity index (χ2n) is 9.21. The molecule has 3 aromatic rings. The van der Waals surface area contributed by atoms with Gasteiger partial charge in [0, 0.05) is 28.7 Å². The number of hydrogen-bond donors (Lipinski definition) is 2. The van der Waals surface area contributed by atoms with Gasteiger partial charge in [0.25, 0.3) is 0 Å². The third-order valence-corrected chi connectivity index (χ3v) is 6.40. The van der Waals surface area contributed by atoms with Gasteiger partial charge in [-0.05, 0) is 79.3 Å². The Kier molecular flexibility index (Phi) is 5.93. The van der Waals surface area contributed by atoms with E-state index < -0.39 is 0 Å². The number of dihydropyridines is 1. The van der Waals surface area contributed by atoms with E-state index in [1.165, 1.54) is 39.5 Å². The Labute approximate surface area is 201 Å². The van der Waals surface area contributed by atoms with Crippen LogP contribution in [-0.4, -0.2) is 0 Å². The molecule has 1 aliphatic carbocycles. The van der Waals surface area contributed by atoms with E-state index in [-0.39, 0.29) is 11.9 Å². The summed E-state index contributed by atoms with van der Waals surface area (Å²) in [6, 6.07) is 19.9. The van der Waals surface area contributed by atoms with Gasteiger partial charge in [-0.3, -0.25) is 0 Å². The Morgan fingerprint density at radius 2 is 1.76 bits per heavy atom. The summed E-state index contributed by atoms with van der Waals surface area (Å²) in [5.74, 6) is -0.243. The van der Waals surface area contributed by atoms with Crippen LogP contribution in [0.3, 0.4) is 0 Å². The average molecular weight is 449 g/mol. The normalized spacial score (nSPS) is 16.3. The molecule has 2 nitrogen and oxygen atoms in total. The molecule has 0 amide bonds. The lowest BCUT2D eigenvalue weighted by molar-refractivity contribution is 0.624. The summed E-state index contributed by atoms with van der Waals surface area (Å²) in [7, 11) is 0. The van der Waals surface area contributed by atoms with Crippen LogP contribution in [-0.2, 0) is 6.42 Å². The van der Waals surface area contributed by atoms with Crippen molar-refractivity contribution in [1.82, 2.24) is 5.32 Å². The first-order valence-electron chi connectivity index (χ1n) is 11.7. The van der Waals surface area contributed by atoms with Crippen molar-refractivity contribution in [1.29, 1.82) is 0 Å². The van der Waals surface area contributed by atoms with Crippen LogP contribution in [0.4, 0.5) is 10.1 Å². The molecule has 1 atom stereocenters. The number of hydrogen-bond acceptors (Lipinski definition) is 2. The lowest BCUT2D eigenvalue weighted by Crippen LogP contribution is -2.20. The van der Waals surface area contributed by atoms with Gasteiger partial charge in [0.2, 0.25) is 0 Å². The van der Waals surface area contributed by atoms with Crippen LogP contribution in [0.15, 0.2) is 102 Å². The first-order chi connectivity index (χ1) is 16.5. The minimum absolute atomic E-state index is 0.0285. The van der Waals surface area contributed by atoms with Crippen molar-refractivity contribution in [2.45, 2.75) is 33.2 Å². The molecule has 1 heterocycles. The number of rotatable bonds is 5. The van der Waals surface area contributed by atoms with E-state index in [1.807, 2.05) is 38.1 Å². The maximum Gasteiger partial charge on any atom is 0.132 e. The smallest absolute Gasteiger partial charge is 0.132 e. The molecule has 34 heavy (non-hydrogen) atoms. The number of benzene rings is 3. The van der Waals surface area contributed by atoms with Crippen LogP contribution in [0.2, 0.25) is 0 Å². The lowest BCUT2D eigenvalue weighted by atomic mass is 9.92. The number of anilines is 1. The molecule has 0 fully saturated rings. The standard InChI is InChI=1S/C31H29FN2/c1-20(2)12-15-28(25-10-6-7-11-27(25)32)34-30-17-14-24-23-9-5-4-8-22(23)18-26(24)31(30)29-16-13-21(3)19-33-29/h4-17,19,29,33-34H,18H2,1-3H3/b28-15-. The van der Waals surface area contributed by atoms with Crippen LogP contribution in [0.5, 0.6) is 0 Å². The van der Waals surface area contributed by atoms with Crippen molar-refractivity contribution in [3.8, 4) is 11.1 Å². The number of nitrogens with one attached hydrogen (secondary N) is 2. The molecule has 0 saturated heterocycles. The predicted octanol–water partition coefficient (Wildman–Crippen LogP) is 7.92. The molecule has 2 aliphatic rings. The van der Waals surface area contributed by atoms with Gasteiger partial charge >= 0.3 is 0 Å². The van der Waals surface area contributed by atoms with Crippen LogP contribution >= 0.6 is 0 Å². The quantitative estimate of drug-likeness (QED) is 0.303. The summed E-state index contributed by atoms with van der Waals surface area (Å²) in [6.07, 6.45) is 11.3. The fraction of sp³-hybridized carbons (Fsp3) is 0.161. The summed E-state index contributed by atoms with van der Waals surface area (Å²) in [5.41, 5.74) is 11.1. The van der Waals surface area contributed by atoms with Crippen LogP contribution in [0.25, 0.3) is 16.8 Å². The maximum atomic E-state index is 14.8. The third-order valence-electron chi connectivity index (χ3n) is 6.40. The van der Waals surface area contributed by atoms with Crippen LogP contribution in [0, 0.1) is 5.82 Å². The molecule has 0 radical (unpaired) electrons. The van der Waals surface area contributed by atoms with Gasteiger partial charge in [0.1, 0.15) is 5.82 Å². The van der Waals surface area contributed by atoms with E-state index >= 15 is 0 Å². The van der Waals surface area contributed by atoms with E-state index in [1.54, 1.807) is 6.07 Å². The Bertz CT molecular complexity index is 1370. The molecule has 1 aliphatic heterocycles. The maximum absolute atomic E-state index is 14.8. The van der Waals surface area contributed by atoms with Crippen molar-refractivity contribution >= 4 is 11.4 Å². The topological polar surface area (TPSA) is 24.1 Å². The van der Waals surface area contributed by atoms with Gasteiger partial charge in [-0.25, -0.2) is 4.39 Å². The largest absolute Gasteiger partial charge is 0.380 e. The highest BCUT2D eigenvalue weighted by molar-refractivity contribution is 5.86. The minimum atomic E-state index is -0.243. The highest BCUT2D eigenvalue weighted by Crippen LogP contribution is 2.44. The molecule has 3 aromatic carbocycles. The first-order valence-corrected chi connectivity index (χ1v) is 11.7. The van der Waals surface area contributed by atoms with Crippen molar-refractivity contribution in [3.63, 3.8) is 0 Å². The van der Waals surface area contributed by atoms with E-state index in [0.717, 1.165) is 23.4 Å². The number of allylic oxidation sites excluding steroid dienone is 5. The molecule has 1 unspecified atom stereocenters. The molecule has 2 N–H and O–H groups in total. The molecule has 0 spiro atoms. The van der Waals surface area contributed by atoms with Crippen molar-refractivity contribution in [3.05, 3.63) is 130 Å². The molecule has 3 heteroatoms. The molecule has 0 bridgehead atoms. The van der Waals surface area contributed by atoms with Crippen molar-refractivity contribution < 1.29 is 4.39 Å². The molecule has 5 rings (SSSR count). The Morgan fingerprint density at radius 3 is 2.53 bits per heavy atom. The Balaban J connectivity index is 1.64. The minimum Gasteiger partial charge on any atom is -0.380 e. The number of halogens is 1. The van der Waals surface area contributed by atoms with Gasteiger partial charge in [-0.1, -0.05) is 66.3 Å². The van der Waals surface area contributed by atoms with Gasteiger partial charge in [-0.15, -0.1) is 0 Å². The Hall–Kier alpha value is -3.85. The van der Waals surface area contributed by atoms with Gasteiger partial charge in [0.15, 0.2) is 0 Å². The number of fused-ring (bicyclic) bond motifs is 3. The fourth-order valence-corrected chi connectivity index (χ4v) is 4.73. The lowest BCUT2D eigenvalue weighted by Gasteiger charge is -2.25. The van der Waals surface area contributed by atoms with E-state index in [9.17, 15) is 4.39 Å². The van der Waals surface area contributed by atoms with Crippen molar-refractivity contribution in [2.75, 3.05) is 5.32 Å². The fourth-order valence-electron chi connectivity index (χ4n) is 4.73. The second kappa shape index (κ2) is 9.18. The second-order valence-corrected chi connectivity index (χ2v) is 9.21. The van der Waals surface area contributed by atoms with Gasteiger partial charge in [0.05, 0.1) is 6.04 Å². The van der Waals surface area contributed by atoms with E-state index in [4.69, 9.17) is 0 Å². The molecular formula is C31H29FN2. The van der Waals surface area contributed by atoms with E-state index in [0.29, 0.717) is 5.56 Å². The third kappa shape index (κ3) is 4.22. The molecule has 170 valence electrons. The van der Waals surface area contributed by atoms with Crippen molar-refractivity contribution in [2.24, 2.45) is 0 Å². The van der Waals surface area contributed by atoms with Crippen LogP contribution in [0.1, 0.15) is 49.1 Å². The molecule has 0 aromatic heterocycles. The Morgan fingerprint density at radius 1 is 0.971 bits per heavy atom. The SMILES string of the molecule is CC(C)=C/C=C(\Nc1ccc2c(c1C1C=CC(C)=CN1)Cc1ccccc1-2)c1ccccc1F. The first kappa shape index (κ1) is 22.0. The highest BCUT2D eigenvalue weighted by atomic mass is 19.1. The summed E-state index contributed by atoms with van der Waals surface area (Å²) >= 11 is 0. The van der Waals surface area contributed by atoms with Gasteiger partial charge < -0.3 is 10.6 Å². The van der Waals surface area contributed by atoms with Crippen LogP contribution < -0.4 is 10.6 Å². The van der Waals surface area contributed by atoms with E-state index in [2.05, 4.69) is 72.3 Å². The predicted molar refractivity (Wildman–Crippen MR) is 141 cm³/mol. The van der Waals surface area contributed by atoms with Gasteiger partial charge in [-0.2, -0.15) is 0 Å². The summed E-state index contributed by atoms with van der Waals surface area (Å²) in [6.45, 7) is 6.17.